The van der Waals surface area contributed by atoms with Crippen LogP contribution in [0.4, 0.5) is 14.6 Å². The largest absolute Gasteiger partial charge is 0.508 e. The zero-order valence-electron chi connectivity index (χ0n) is 30.7. The number of aromatic hydroxyl groups is 1. The van der Waals surface area contributed by atoms with E-state index in [1.165, 1.54) is 44.0 Å². The van der Waals surface area contributed by atoms with Gasteiger partial charge in [-0.25, -0.2) is 13.3 Å². The zero-order chi connectivity index (χ0) is 38.7. The number of para-hydroxylation sites is 1. The molecule has 2 aromatic heterocycles. The molecule has 11 nitrogen and oxygen atoms in total. The molecule has 0 radical (unpaired) electrons. The van der Waals surface area contributed by atoms with Crippen LogP contribution < -0.4 is 14.2 Å². The molecule has 2 fully saturated rings. The Morgan fingerprint density at radius 1 is 1.04 bits per heavy atom. The number of piperazine rings is 1. The summed E-state index contributed by atoms with van der Waals surface area (Å²) in [5.74, 6) is 1.21. The standard InChI is InChI=1S/C41H42F2N5O6P/c1-4-6-7-8-9-12-19-53-55(51,54-35-14-11-10-13-27(35)25-49)48-28-16-17-29(48)24-47(23-28)40-33-22-44-38(37(43)39(33)45-41(46-40)52-3)32-21-30(50)20-26-15-18-34(42)31(5-2)36(26)32/h2,10-11,13-15,18,20-22,25,28-29,50H,4,6-9,12,16-17,19,23-24H2,1,3H3. The normalized spacial score (nSPS) is 18.0. The Labute approximate surface area is 318 Å². The third-order valence-corrected chi connectivity index (χ3v) is 12.5. The number of halogens is 2. The molecule has 3 atom stereocenters. The Morgan fingerprint density at radius 3 is 2.51 bits per heavy atom. The van der Waals surface area contributed by atoms with E-state index in [1.807, 2.05) is 9.57 Å². The van der Waals surface area contributed by atoms with Crippen molar-refractivity contribution >= 4 is 41.5 Å². The molecule has 7 rings (SSSR count). The highest BCUT2D eigenvalue weighted by Crippen LogP contribution is 2.59. The van der Waals surface area contributed by atoms with E-state index in [0.717, 1.165) is 25.7 Å². The van der Waals surface area contributed by atoms with Gasteiger partial charge in [-0.2, -0.15) is 14.6 Å². The topological polar surface area (TPSA) is 127 Å². The summed E-state index contributed by atoms with van der Waals surface area (Å²) in [7, 11) is -2.60. The molecule has 14 heteroatoms. The number of terminal acetylenes is 1. The number of rotatable bonds is 15. The van der Waals surface area contributed by atoms with Gasteiger partial charge < -0.3 is 19.3 Å². The van der Waals surface area contributed by atoms with Crippen molar-refractivity contribution in [2.45, 2.75) is 70.4 Å². The van der Waals surface area contributed by atoms with E-state index >= 15 is 4.39 Å². The van der Waals surface area contributed by atoms with E-state index in [9.17, 15) is 18.9 Å². The lowest BCUT2D eigenvalue weighted by atomic mass is 9.96. The molecule has 2 aliphatic heterocycles. The Balaban J connectivity index is 1.23. The summed E-state index contributed by atoms with van der Waals surface area (Å²) in [6.07, 6.45) is 15.3. The van der Waals surface area contributed by atoms with E-state index < -0.39 is 19.4 Å². The lowest BCUT2D eigenvalue weighted by molar-refractivity contribution is 0.112. The number of ether oxygens (including phenoxy) is 1. The van der Waals surface area contributed by atoms with E-state index in [1.54, 1.807) is 24.3 Å². The number of anilines is 1. The number of hydrogen-bond acceptors (Lipinski definition) is 10. The van der Waals surface area contributed by atoms with Gasteiger partial charge >= 0.3 is 13.8 Å². The number of pyridine rings is 1. The van der Waals surface area contributed by atoms with Crippen molar-refractivity contribution in [3.63, 3.8) is 0 Å². The zero-order valence-corrected chi connectivity index (χ0v) is 31.6. The lowest BCUT2D eigenvalue weighted by Crippen LogP contribution is -2.53. The smallest absolute Gasteiger partial charge is 0.462 e. The third kappa shape index (κ3) is 7.46. The number of carbonyl (C=O) groups excluding carboxylic acids is 1. The van der Waals surface area contributed by atoms with Crippen LogP contribution in [0.1, 0.15) is 74.2 Å². The second-order valence-electron chi connectivity index (χ2n) is 13.9. The molecular weight excluding hydrogens is 727 g/mol. The minimum Gasteiger partial charge on any atom is -0.508 e. The number of phenolic OH excluding ortho intramolecular Hbond substituents is 1. The van der Waals surface area contributed by atoms with Crippen LogP contribution in [0.25, 0.3) is 32.9 Å². The SMILES string of the molecule is C#Cc1c(F)ccc2cc(O)cc(-c3ncc4c(N5CC6CCC(C5)N6P(=O)(OCCCCCCCC)Oc5ccccc5C=O)nc(OC)nc4c3F)c12. The first-order valence-electron chi connectivity index (χ1n) is 18.5. The Bertz CT molecular complexity index is 2320. The molecule has 0 saturated carbocycles. The summed E-state index contributed by atoms with van der Waals surface area (Å²) < 4.78 is 66.2. The Hall–Kier alpha value is -5.15. The van der Waals surface area contributed by atoms with E-state index in [4.69, 9.17) is 20.2 Å². The van der Waals surface area contributed by atoms with Crippen molar-refractivity contribution in [2.24, 2.45) is 0 Å². The van der Waals surface area contributed by atoms with Crippen LogP contribution in [0.5, 0.6) is 17.5 Å². The molecule has 2 saturated heterocycles. The molecule has 2 aliphatic rings. The summed E-state index contributed by atoms with van der Waals surface area (Å²) >= 11 is 0. The Morgan fingerprint density at radius 2 is 1.78 bits per heavy atom. The van der Waals surface area contributed by atoms with Gasteiger partial charge in [-0.1, -0.05) is 63.1 Å². The fourth-order valence-corrected chi connectivity index (χ4v) is 9.97. The lowest BCUT2D eigenvalue weighted by Gasteiger charge is -2.43. The first kappa shape index (κ1) is 38.1. The first-order chi connectivity index (χ1) is 26.7. The summed E-state index contributed by atoms with van der Waals surface area (Å²) in [5.41, 5.74) is -0.0121. The van der Waals surface area contributed by atoms with Crippen molar-refractivity contribution in [2.75, 3.05) is 31.7 Å². The number of hydrogen-bond donors (Lipinski definition) is 1. The van der Waals surface area contributed by atoms with Crippen LogP contribution in [0.2, 0.25) is 0 Å². The molecular formula is C41H42F2N5O6P. The van der Waals surface area contributed by atoms with Crippen LogP contribution in [0.15, 0.2) is 54.7 Å². The van der Waals surface area contributed by atoms with Crippen LogP contribution in [-0.4, -0.2) is 69.9 Å². The maximum atomic E-state index is 16.7. The number of aromatic nitrogens is 3. The van der Waals surface area contributed by atoms with Gasteiger partial charge in [0.25, 0.3) is 0 Å². The molecule has 4 heterocycles. The quantitative estimate of drug-likeness (QED) is 0.0475. The molecule has 1 N–H and O–H groups in total. The van der Waals surface area contributed by atoms with Crippen LogP contribution in [-0.2, 0) is 9.09 Å². The molecule has 0 aliphatic carbocycles. The summed E-state index contributed by atoms with van der Waals surface area (Å²) in [4.78, 5) is 27.3. The van der Waals surface area contributed by atoms with Crippen molar-refractivity contribution in [1.82, 2.24) is 19.6 Å². The molecule has 55 heavy (non-hydrogen) atoms. The van der Waals surface area contributed by atoms with Crippen molar-refractivity contribution < 1.29 is 37.0 Å². The Kier molecular flexibility index (Phi) is 11.3. The molecule has 0 spiro atoms. The highest BCUT2D eigenvalue weighted by atomic mass is 31.2. The maximum Gasteiger partial charge on any atom is 0.462 e. The van der Waals surface area contributed by atoms with Gasteiger partial charge in [0.15, 0.2) is 12.1 Å². The van der Waals surface area contributed by atoms with Gasteiger partial charge in [0.05, 0.1) is 30.2 Å². The monoisotopic (exact) mass is 769 g/mol. The van der Waals surface area contributed by atoms with Crippen molar-refractivity contribution in [3.8, 4) is 41.1 Å². The number of nitrogens with zero attached hydrogens (tertiary/aromatic N) is 5. The van der Waals surface area contributed by atoms with Gasteiger partial charge in [0, 0.05) is 42.3 Å². The average Bonchev–Trinajstić information content (AvgIpc) is 3.47. The predicted molar refractivity (Wildman–Crippen MR) is 207 cm³/mol. The molecule has 5 aromatic rings. The summed E-state index contributed by atoms with van der Waals surface area (Å²) in [6.45, 7) is 3.06. The summed E-state index contributed by atoms with van der Waals surface area (Å²) in [5, 5.41) is 11.5. The predicted octanol–water partition coefficient (Wildman–Crippen LogP) is 8.85. The van der Waals surface area contributed by atoms with Gasteiger partial charge in [0.1, 0.15) is 34.3 Å². The number of methoxy groups -OCH3 is 1. The number of phenols is 1. The van der Waals surface area contributed by atoms with Crippen LogP contribution in [0, 0.1) is 24.0 Å². The number of aldehydes is 1. The van der Waals surface area contributed by atoms with Crippen LogP contribution in [0.3, 0.4) is 0 Å². The molecule has 2 bridgehead atoms. The maximum absolute atomic E-state index is 16.7. The van der Waals surface area contributed by atoms with E-state index in [-0.39, 0.29) is 69.5 Å². The van der Waals surface area contributed by atoms with E-state index in [2.05, 4.69) is 27.8 Å². The number of fused-ring (bicyclic) bond motifs is 4. The molecule has 0 amide bonds. The van der Waals surface area contributed by atoms with Gasteiger partial charge in [-0.15, -0.1) is 6.42 Å². The first-order valence-corrected chi connectivity index (χ1v) is 20.0. The van der Waals surface area contributed by atoms with E-state index in [0.29, 0.717) is 55.2 Å². The van der Waals surface area contributed by atoms with Crippen molar-refractivity contribution in [3.05, 3.63) is 77.5 Å². The van der Waals surface area contributed by atoms with Gasteiger partial charge in [-0.3, -0.25) is 14.3 Å². The fourth-order valence-electron chi connectivity index (χ4n) is 7.74. The van der Waals surface area contributed by atoms with Gasteiger partial charge in [0.2, 0.25) is 0 Å². The fraction of sp³-hybridized carbons (Fsp3) is 0.366. The number of carbonyl (C=O) groups is 1. The van der Waals surface area contributed by atoms with Gasteiger partial charge in [-0.05, 0) is 55.0 Å². The second-order valence-corrected chi connectivity index (χ2v) is 15.7. The minimum absolute atomic E-state index is 0.0880. The van der Waals surface area contributed by atoms with Crippen molar-refractivity contribution in [1.29, 1.82) is 0 Å². The minimum atomic E-state index is -3.98. The number of unbranched alkanes of at least 4 members (excludes halogenated alkanes) is 5. The third-order valence-electron chi connectivity index (χ3n) is 10.3. The van der Waals surface area contributed by atoms with Crippen LogP contribution >= 0.6 is 7.75 Å². The molecule has 3 aromatic carbocycles. The second kappa shape index (κ2) is 16.3. The average molecular weight is 770 g/mol. The molecule has 3 unspecified atom stereocenters. The highest BCUT2D eigenvalue weighted by molar-refractivity contribution is 7.51. The number of benzene rings is 3. The highest BCUT2D eigenvalue weighted by Gasteiger charge is 2.52. The summed E-state index contributed by atoms with van der Waals surface area (Å²) in [6, 6.07) is 11.3. The molecule has 286 valence electrons.